The predicted octanol–water partition coefficient (Wildman–Crippen LogP) is 5.12. The molecule has 0 saturated carbocycles. The van der Waals surface area contributed by atoms with E-state index in [1.165, 1.54) is 0 Å². The van der Waals surface area contributed by atoms with Crippen LogP contribution < -0.4 is 4.90 Å². The first-order chi connectivity index (χ1) is 16.2. The monoisotopic (exact) mass is 474 g/mol. The van der Waals surface area contributed by atoms with Crippen molar-refractivity contribution in [3.8, 4) is 11.1 Å². The first kappa shape index (κ1) is 23.1. The largest absolute Gasteiger partial charge is 0.444 e. The molecule has 3 aliphatic heterocycles. The second-order valence-electron chi connectivity index (χ2n) is 10.5. The molecule has 2 bridgehead atoms. The molecule has 0 N–H and O–H groups in total. The molecular weight excluding hydrogens is 442 g/mol. The van der Waals surface area contributed by atoms with Crippen LogP contribution in [0.3, 0.4) is 0 Å². The molecule has 3 unspecified atom stereocenters. The van der Waals surface area contributed by atoms with Crippen molar-refractivity contribution in [1.29, 1.82) is 0 Å². The molecule has 184 valence electrons. The fraction of sp³-hybridized carbons (Fsp3) is 0.600. The van der Waals surface area contributed by atoms with Crippen LogP contribution in [-0.4, -0.2) is 58.2 Å². The lowest BCUT2D eigenvalue weighted by Gasteiger charge is -2.42. The van der Waals surface area contributed by atoms with E-state index in [2.05, 4.69) is 5.10 Å². The molecule has 9 heteroatoms. The molecule has 34 heavy (non-hydrogen) atoms. The normalized spacial score (nSPS) is 25.0. The van der Waals surface area contributed by atoms with Crippen LogP contribution in [0.1, 0.15) is 59.1 Å². The molecule has 3 saturated heterocycles. The Labute approximate surface area is 198 Å². The Morgan fingerprint density at radius 3 is 2.47 bits per heavy atom. The lowest BCUT2D eigenvalue weighted by molar-refractivity contribution is -0.0394. The summed E-state index contributed by atoms with van der Waals surface area (Å²) in [6.07, 6.45) is 7.34. The number of carbonyl (C=O) groups is 1. The summed E-state index contributed by atoms with van der Waals surface area (Å²) in [5.74, 6) is -1.74. The third-order valence-electron chi connectivity index (χ3n) is 6.84. The van der Waals surface area contributed by atoms with Gasteiger partial charge in [0.25, 0.3) is 0 Å². The number of hydrogen-bond acceptors (Lipinski definition) is 5. The number of likely N-dealkylation sites (tertiary alicyclic amines) is 1. The predicted molar refractivity (Wildman–Crippen MR) is 124 cm³/mol. The highest BCUT2D eigenvalue weighted by Crippen LogP contribution is 2.39. The lowest BCUT2D eigenvalue weighted by Crippen LogP contribution is -2.56. The number of benzene rings is 1. The summed E-state index contributed by atoms with van der Waals surface area (Å²) >= 11 is 0. The minimum atomic E-state index is -0.879. The number of nitrogens with zero attached hydrogens (tertiary/aromatic N) is 4. The molecule has 5 rings (SSSR count). The number of rotatable bonds is 3. The maximum absolute atomic E-state index is 15.4. The molecule has 3 aliphatic rings. The Bertz CT molecular complexity index is 1050. The minimum absolute atomic E-state index is 0.0720. The van der Waals surface area contributed by atoms with Gasteiger partial charge >= 0.3 is 6.09 Å². The molecule has 1 aromatic heterocycles. The third-order valence-corrected chi connectivity index (χ3v) is 6.84. The molecular formula is C25H32F2N4O3. The molecule has 4 heterocycles. The summed E-state index contributed by atoms with van der Waals surface area (Å²) in [6, 6.07) is 3.13. The van der Waals surface area contributed by atoms with Gasteiger partial charge in [0.05, 0.1) is 11.9 Å². The van der Waals surface area contributed by atoms with Crippen LogP contribution in [0.15, 0.2) is 24.5 Å². The van der Waals surface area contributed by atoms with E-state index in [1.807, 2.05) is 25.7 Å². The number of halogens is 2. The van der Waals surface area contributed by atoms with Crippen LogP contribution in [0.5, 0.6) is 0 Å². The quantitative estimate of drug-likeness (QED) is 0.618. The summed E-state index contributed by atoms with van der Waals surface area (Å²) in [6.45, 7) is 7.05. The molecule has 3 fully saturated rings. The smallest absolute Gasteiger partial charge is 0.410 e. The van der Waals surface area contributed by atoms with E-state index >= 15 is 8.78 Å². The minimum Gasteiger partial charge on any atom is -0.444 e. The van der Waals surface area contributed by atoms with Gasteiger partial charge in [0, 0.05) is 49.1 Å². The van der Waals surface area contributed by atoms with E-state index in [0.717, 1.165) is 32.1 Å². The van der Waals surface area contributed by atoms with Gasteiger partial charge in [-0.2, -0.15) is 5.10 Å². The number of piperazine rings is 1. The average molecular weight is 475 g/mol. The van der Waals surface area contributed by atoms with Gasteiger partial charge in [-0.05, 0) is 65.0 Å². The van der Waals surface area contributed by atoms with Crippen molar-refractivity contribution in [1.82, 2.24) is 14.7 Å². The summed E-state index contributed by atoms with van der Waals surface area (Å²) in [5.41, 5.74) is 0.383. The number of hydrogen-bond donors (Lipinski definition) is 0. The maximum Gasteiger partial charge on any atom is 0.410 e. The van der Waals surface area contributed by atoms with Gasteiger partial charge in [-0.15, -0.1) is 0 Å². The van der Waals surface area contributed by atoms with Crippen molar-refractivity contribution >= 4 is 11.8 Å². The van der Waals surface area contributed by atoms with Crippen LogP contribution in [0.2, 0.25) is 0 Å². The van der Waals surface area contributed by atoms with Crippen molar-refractivity contribution in [2.45, 2.75) is 76.8 Å². The van der Waals surface area contributed by atoms with Gasteiger partial charge in [0.15, 0.2) is 11.6 Å². The second kappa shape index (κ2) is 8.83. The summed E-state index contributed by atoms with van der Waals surface area (Å²) in [7, 11) is 0. The zero-order valence-corrected chi connectivity index (χ0v) is 20.0. The fourth-order valence-electron chi connectivity index (χ4n) is 5.30. The van der Waals surface area contributed by atoms with Gasteiger partial charge in [0.2, 0.25) is 0 Å². The third kappa shape index (κ3) is 4.37. The maximum atomic E-state index is 15.4. The first-order valence-corrected chi connectivity index (χ1v) is 12.1. The number of carbonyl (C=O) groups excluding carboxylic acids is 1. The van der Waals surface area contributed by atoms with E-state index in [9.17, 15) is 4.79 Å². The highest BCUT2D eigenvalue weighted by Gasteiger charge is 2.43. The van der Waals surface area contributed by atoms with Crippen LogP contribution >= 0.6 is 0 Å². The molecule has 0 spiro atoms. The molecule has 0 aliphatic carbocycles. The van der Waals surface area contributed by atoms with Crippen LogP contribution in [0.25, 0.3) is 11.1 Å². The number of amides is 1. The zero-order chi connectivity index (χ0) is 24.0. The highest BCUT2D eigenvalue weighted by atomic mass is 19.2. The average Bonchev–Trinajstić information content (AvgIpc) is 3.37. The standard InChI is InChI=1S/C25H32F2N4O3/c1-25(2,3)34-24(32)29-14-17-7-8-18(15-29)31(17)20-10-9-19(22(26)23(20)27)16-12-28-30(13-16)21-6-4-5-11-33-21/h9-10,12-13,17-18,21H,4-8,11,14-15H2,1-3H3. The van der Waals surface area contributed by atoms with E-state index in [0.29, 0.717) is 25.3 Å². The number of aromatic nitrogens is 2. The zero-order valence-electron chi connectivity index (χ0n) is 20.0. The number of anilines is 1. The van der Waals surface area contributed by atoms with E-state index in [4.69, 9.17) is 9.47 Å². The highest BCUT2D eigenvalue weighted by molar-refractivity contribution is 5.70. The van der Waals surface area contributed by atoms with Crippen molar-refractivity contribution in [2.75, 3.05) is 24.6 Å². The van der Waals surface area contributed by atoms with Crippen molar-refractivity contribution in [3.63, 3.8) is 0 Å². The van der Waals surface area contributed by atoms with Gasteiger partial charge in [-0.3, -0.25) is 0 Å². The van der Waals surface area contributed by atoms with Crippen LogP contribution in [0.4, 0.5) is 19.3 Å². The van der Waals surface area contributed by atoms with E-state index < -0.39 is 17.2 Å². The number of ether oxygens (including phenoxy) is 2. The molecule has 1 amide bonds. The van der Waals surface area contributed by atoms with Crippen LogP contribution in [0, 0.1) is 11.6 Å². The Balaban J connectivity index is 1.35. The molecule has 0 radical (unpaired) electrons. The Kier molecular flexibility index (Phi) is 6.00. The van der Waals surface area contributed by atoms with Crippen molar-refractivity contribution < 1.29 is 23.0 Å². The van der Waals surface area contributed by atoms with Crippen molar-refractivity contribution in [2.24, 2.45) is 0 Å². The van der Waals surface area contributed by atoms with Gasteiger partial charge in [-0.1, -0.05) is 0 Å². The fourth-order valence-corrected chi connectivity index (χ4v) is 5.30. The summed E-state index contributed by atoms with van der Waals surface area (Å²) in [4.78, 5) is 16.2. The Hall–Kier alpha value is -2.68. The van der Waals surface area contributed by atoms with E-state index in [1.54, 1.807) is 34.1 Å². The second-order valence-corrected chi connectivity index (χ2v) is 10.5. The van der Waals surface area contributed by atoms with Crippen LogP contribution in [-0.2, 0) is 9.47 Å². The van der Waals surface area contributed by atoms with Gasteiger partial charge in [0.1, 0.15) is 11.8 Å². The molecule has 2 aromatic rings. The van der Waals surface area contributed by atoms with Gasteiger partial charge in [-0.25, -0.2) is 18.3 Å². The molecule has 3 atom stereocenters. The topological polar surface area (TPSA) is 59.8 Å². The summed E-state index contributed by atoms with van der Waals surface area (Å²) < 4.78 is 43.6. The summed E-state index contributed by atoms with van der Waals surface area (Å²) in [5, 5.41) is 4.33. The first-order valence-electron chi connectivity index (χ1n) is 12.1. The number of fused-ring (bicyclic) bond motifs is 2. The Morgan fingerprint density at radius 2 is 1.82 bits per heavy atom. The van der Waals surface area contributed by atoms with E-state index in [-0.39, 0.29) is 35.7 Å². The SMILES string of the molecule is CC(C)(C)OC(=O)N1CC2CCC(C1)N2c1ccc(-c2cnn(C3CCCCO3)c2)c(F)c1F. The molecule has 1 aromatic carbocycles. The lowest BCUT2D eigenvalue weighted by atomic mass is 10.1. The Morgan fingerprint density at radius 1 is 1.09 bits per heavy atom. The molecule has 7 nitrogen and oxygen atoms in total. The van der Waals surface area contributed by atoms with Gasteiger partial charge < -0.3 is 19.3 Å². The van der Waals surface area contributed by atoms with Crippen molar-refractivity contribution in [3.05, 3.63) is 36.2 Å².